The van der Waals surface area contributed by atoms with Gasteiger partial charge >= 0.3 is 5.97 Å². The van der Waals surface area contributed by atoms with E-state index >= 15 is 0 Å². The number of para-hydroxylation sites is 2. The molecule has 2 rings (SSSR count). The second kappa shape index (κ2) is 4.95. The van der Waals surface area contributed by atoms with Crippen molar-refractivity contribution in [2.24, 2.45) is 0 Å². The van der Waals surface area contributed by atoms with Gasteiger partial charge in [-0.2, -0.15) is 0 Å². The summed E-state index contributed by atoms with van der Waals surface area (Å²) in [6, 6.07) is 7.70. The number of carboxylic acid groups (broad SMARTS) is 1. The Kier molecular flexibility index (Phi) is 3.37. The molecule has 0 radical (unpaired) electrons. The summed E-state index contributed by atoms with van der Waals surface area (Å²) in [5.41, 5.74) is 1.85. The Morgan fingerprint density at radius 2 is 2.24 bits per heavy atom. The third-order valence-electron chi connectivity index (χ3n) is 2.66. The molecular formula is C12H16N3O2+. The van der Waals surface area contributed by atoms with E-state index in [1.54, 1.807) is 0 Å². The number of benzene rings is 1. The maximum Gasteiger partial charge on any atom is 0.348 e. The molecule has 1 aromatic carbocycles. The highest BCUT2D eigenvalue weighted by molar-refractivity contribution is 5.72. The molecule has 0 aliphatic heterocycles. The normalized spacial score (nSPS) is 10.9. The largest absolute Gasteiger partial charge is 0.478 e. The molecule has 0 saturated heterocycles. The van der Waals surface area contributed by atoms with E-state index in [1.165, 1.54) is 4.68 Å². The number of unbranched alkanes of at least 4 members (excludes halogenated alkanes) is 1. The molecule has 0 spiro atoms. The van der Waals surface area contributed by atoms with Gasteiger partial charge in [-0.05, 0) is 18.6 Å². The molecular weight excluding hydrogens is 218 g/mol. The fraction of sp³-hybridized carbons (Fsp3) is 0.417. The first kappa shape index (κ1) is 11.6. The average Bonchev–Trinajstić information content (AvgIpc) is 2.65. The third-order valence-corrected chi connectivity index (χ3v) is 2.66. The lowest BCUT2D eigenvalue weighted by atomic mass is 10.3. The van der Waals surface area contributed by atoms with Crippen molar-refractivity contribution >= 4 is 17.0 Å². The van der Waals surface area contributed by atoms with Crippen LogP contribution in [0.2, 0.25) is 0 Å². The van der Waals surface area contributed by atoms with Crippen LogP contribution in [0.25, 0.3) is 11.0 Å². The number of aliphatic carboxylic acids is 1. The summed E-state index contributed by atoms with van der Waals surface area (Å²) in [5, 5.41) is 13.2. The van der Waals surface area contributed by atoms with Crippen molar-refractivity contribution in [2.75, 3.05) is 0 Å². The fourth-order valence-electron chi connectivity index (χ4n) is 1.85. The Labute approximate surface area is 99.3 Å². The summed E-state index contributed by atoms with van der Waals surface area (Å²) in [6.45, 7) is 2.85. The molecule has 1 heterocycles. The minimum Gasteiger partial charge on any atom is -0.478 e. The molecule has 1 N–H and O–H groups in total. The molecule has 0 bridgehead atoms. The van der Waals surface area contributed by atoms with Gasteiger partial charge in [0.15, 0.2) is 11.0 Å². The summed E-state index contributed by atoms with van der Waals surface area (Å²) in [7, 11) is 0. The van der Waals surface area contributed by atoms with Gasteiger partial charge in [0.2, 0.25) is 6.54 Å². The Hall–Kier alpha value is -1.91. The average molecular weight is 234 g/mol. The number of aryl methyl sites for hydroxylation is 1. The number of rotatable bonds is 5. The number of hydrogen-bond donors (Lipinski definition) is 1. The van der Waals surface area contributed by atoms with E-state index in [-0.39, 0.29) is 6.54 Å². The maximum atomic E-state index is 10.8. The molecule has 0 saturated carbocycles. The van der Waals surface area contributed by atoms with E-state index in [0.717, 1.165) is 30.4 Å². The highest BCUT2D eigenvalue weighted by Crippen LogP contribution is 2.09. The Balaban J connectivity index is 2.42. The molecule has 0 aliphatic carbocycles. The van der Waals surface area contributed by atoms with Crippen LogP contribution < -0.4 is 4.68 Å². The Bertz CT molecular complexity index is 534. The molecule has 90 valence electrons. The van der Waals surface area contributed by atoms with E-state index in [0.29, 0.717) is 0 Å². The molecule has 0 aliphatic rings. The molecule has 0 fully saturated rings. The van der Waals surface area contributed by atoms with Gasteiger partial charge in [0.25, 0.3) is 0 Å². The summed E-state index contributed by atoms with van der Waals surface area (Å²) < 4.78 is 3.41. The molecule has 5 heteroatoms. The van der Waals surface area contributed by atoms with Crippen molar-refractivity contribution in [3.05, 3.63) is 24.3 Å². The van der Waals surface area contributed by atoms with E-state index in [4.69, 9.17) is 5.11 Å². The van der Waals surface area contributed by atoms with Crippen molar-refractivity contribution in [3.8, 4) is 0 Å². The Morgan fingerprint density at radius 1 is 1.47 bits per heavy atom. The molecule has 2 aromatic rings. The molecule has 0 atom stereocenters. The second-order valence-electron chi connectivity index (χ2n) is 4.01. The SMILES string of the molecule is CCCCn1n[n+](CC(=O)O)c2ccccc21. The van der Waals surface area contributed by atoms with Gasteiger partial charge < -0.3 is 5.11 Å². The maximum absolute atomic E-state index is 10.8. The monoisotopic (exact) mass is 234 g/mol. The number of carboxylic acids is 1. The molecule has 5 nitrogen and oxygen atoms in total. The van der Waals surface area contributed by atoms with E-state index in [1.807, 2.05) is 28.9 Å². The summed E-state index contributed by atoms with van der Waals surface area (Å²) in [5.74, 6) is -0.874. The van der Waals surface area contributed by atoms with Gasteiger partial charge in [0.05, 0.1) is 5.21 Å². The first-order valence-corrected chi connectivity index (χ1v) is 5.80. The molecule has 0 unspecified atom stereocenters. The third kappa shape index (κ3) is 2.43. The fourth-order valence-corrected chi connectivity index (χ4v) is 1.85. The van der Waals surface area contributed by atoms with E-state index in [9.17, 15) is 4.79 Å². The van der Waals surface area contributed by atoms with Crippen LogP contribution in [0.4, 0.5) is 0 Å². The van der Waals surface area contributed by atoms with Crippen molar-refractivity contribution in [3.63, 3.8) is 0 Å². The van der Waals surface area contributed by atoms with E-state index in [2.05, 4.69) is 12.1 Å². The summed E-state index contributed by atoms with van der Waals surface area (Å²) >= 11 is 0. The highest BCUT2D eigenvalue weighted by Gasteiger charge is 2.18. The smallest absolute Gasteiger partial charge is 0.348 e. The molecule has 17 heavy (non-hydrogen) atoms. The van der Waals surface area contributed by atoms with Crippen LogP contribution in [0, 0.1) is 0 Å². The topological polar surface area (TPSA) is 59.0 Å². The van der Waals surface area contributed by atoms with E-state index < -0.39 is 5.97 Å². The molecule has 0 amide bonds. The van der Waals surface area contributed by atoms with Crippen molar-refractivity contribution in [1.82, 2.24) is 9.90 Å². The van der Waals surface area contributed by atoms with Crippen LogP contribution in [0.15, 0.2) is 24.3 Å². The second-order valence-corrected chi connectivity index (χ2v) is 4.01. The minimum absolute atomic E-state index is 0.0976. The zero-order valence-corrected chi connectivity index (χ0v) is 9.83. The van der Waals surface area contributed by atoms with Crippen LogP contribution in [-0.4, -0.2) is 21.0 Å². The van der Waals surface area contributed by atoms with Crippen LogP contribution in [0.5, 0.6) is 0 Å². The molecule has 1 aromatic heterocycles. The number of carbonyl (C=O) groups is 1. The summed E-state index contributed by atoms with van der Waals surface area (Å²) in [6.07, 6.45) is 2.13. The van der Waals surface area contributed by atoms with Crippen LogP contribution in [-0.2, 0) is 17.9 Å². The zero-order chi connectivity index (χ0) is 12.3. The first-order valence-electron chi connectivity index (χ1n) is 5.80. The highest BCUT2D eigenvalue weighted by atomic mass is 16.4. The van der Waals surface area contributed by atoms with Gasteiger partial charge in [0, 0.05) is 0 Å². The number of aromatic nitrogens is 3. The number of hydrogen-bond acceptors (Lipinski definition) is 2. The van der Waals surface area contributed by atoms with Gasteiger partial charge in [-0.15, -0.1) is 9.36 Å². The predicted octanol–water partition coefficient (Wildman–Crippen LogP) is 1.21. The van der Waals surface area contributed by atoms with Crippen LogP contribution >= 0.6 is 0 Å². The number of fused-ring (bicyclic) bond motifs is 1. The van der Waals surface area contributed by atoms with Gasteiger partial charge in [-0.25, -0.2) is 4.79 Å². The zero-order valence-electron chi connectivity index (χ0n) is 9.83. The van der Waals surface area contributed by atoms with Gasteiger partial charge in [0.1, 0.15) is 6.54 Å². The van der Waals surface area contributed by atoms with Crippen molar-refractivity contribution in [2.45, 2.75) is 32.9 Å². The lowest BCUT2D eigenvalue weighted by Crippen LogP contribution is -2.41. The lowest BCUT2D eigenvalue weighted by molar-refractivity contribution is -0.722. The van der Waals surface area contributed by atoms with Crippen molar-refractivity contribution < 1.29 is 14.6 Å². The predicted molar refractivity (Wildman–Crippen MR) is 62.5 cm³/mol. The number of nitrogens with zero attached hydrogens (tertiary/aromatic N) is 3. The Morgan fingerprint density at radius 3 is 2.94 bits per heavy atom. The lowest BCUT2D eigenvalue weighted by Gasteiger charge is -1.91. The van der Waals surface area contributed by atoms with Gasteiger partial charge in [-0.3, -0.25) is 0 Å². The summed E-state index contributed by atoms with van der Waals surface area (Å²) in [4.78, 5) is 10.8. The van der Waals surface area contributed by atoms with Crippen LogP contribution in [0.1, 0.15) is 19.8 Å². The van der Waals surface area contributed by atoms with Crippen molar-refractivity contribution in [1.29, 1.82) is 0 Å². The first-order chi connectivity index (χ1) is 8.22. The quantitative estimate of drug-likeness (QED) is 0.791. The minimum atomic E-state index is -0.874. The van der Waals surface area contributed by atoms with Crippen LogP contribution in [0.3, 0.4) is 0 Å². The standard InChI is InChI=1S/C12H15N3O2/c1-2-3-8-14-10-6-4-5-7-11(10)15(13-14)9-12(16)17/h4-7H,2-3,8-9H2,1H3/p+1. The van der Waals surface area contributed by atoms with Gasteiger partial charge in [-0.1, -0.05) is 25.5 Å².